The van der Waals surface area contributed by atoms with E-state index in [1.54, 1.807) is 4.90 Å². The average Bonchev–Trinajstić information content (AvgIpc) is 2.72. The summed E-state index contributed by atoms with van der Waals surface area (Å²) in [4.78, 5) is 27.5. The maximum Gasteiger partial charge on any atom is 0.261 e. The third-order valence-corrected chi connectivity index (χ3v) is 4.98. The highest BCUT2D eigenvalue weighted by Crippen LogP contribution is 2.31. The Morgan fingerprint density at radius 3 is 2.23 bits per heavy atom. The van der Waals surface area contributed by atoms with E-state index in [9.17, 15) is 9.59 Å². The van der Waals surface area contributed by atoms with Crippen LogP contribution >= 0.6 is 0 Å². The van der Waals surface area contributed by atoms with Crippen molar-refractivity contribution >= 4 is 11.8 Å². The van der Waals surface area contributed by atoms with E-state index in [0.29, 0.717) is 25.3 Å². The first-order valence-electron chi connectivity index (χ1n) is 10.6. The Balaban J connectivity index is 2.23. The Kier molecular flexibility index (Phi) is 8.46. The topological polar surface area (TPSA) is 58.6 Å². The van der Waals surface area contributed by atoms with Gasteiger partial charge >= 0.3 is 0 Å². The molecule has 0 radical (unpaired) electrons. The Hall–Kier alpha value is -2.82. The minimum Gasteiger partial charge on any atom is -0.483 e. The fourth-order valence-corrected chi connectivity index (χ4v) is 3.43. The Morgan fingerprint density at radius 2 is 1.63 bits per heavy atom. The van der Waals surface area contributed by atoms with Gasteiger partial charge < -0.3 is 15.0 Å². The van der Waals surface area contributed by atoms with Crippen LogP contribution in [0.25, 0.3) is 0 Å². The van der Waals surface area contributed by atoms with E-state index in [1.807, 2.05) is 68.4 Å². The lowest BCUT2D eigenvalue weighted by molar-refractivity contribution is -0.142. The predicted molar refractivity (Wildman–Crippen MR) is 120 cm³/mol. The number of carbonyl (C=O) groups excluding carboxylic acids is 2. The van der Waals surface area contributed by atoms with Gasteiger partial charge in [0.25, 0.3) is 5.91 Å². The molecule has 2 amide bonds. The summed E-state index contributed by atoms with van der Waals surface area (Å²) in [5.41, 5.74) is 1.92. The first kappa shape index (κ1) is 23.5. The molecule has 0 aliphatic rings. The summed E-state index contributed by atoms with van der Waals surface area (Å²) in [6.07, 6.45) is 0.531. The first-order valence-corrected chi connectivity index (χ1v) is 10.6. The maximum atomic E-state index is 13.2. The maximum absolute atomic E-state index is 13.2. The van der Waals surface area contributed by atoms with Gasteiger partial charge in [0.15, 0.2) is 6.61 Å². The number of amides is 2. The van der Waals surface area contributed by atoms with Crippen molar-refractivity contribution in [3.05, 3.63) is 65.7 Å². The van der Waals surface area contributed by atoms with Crippen LogP contribution in [0.3, 0.4) is 0 Å². The molecule has 5 heteroatoms. The molecule has 0 saturated carbocycles. The molecule has 0 heterocycles. The van der Waals surface area contributed by atoms with Crippen LogP contribution in [0.2, 0.25) is 0 Å². The molecule has 0 spiro atoms. The van der Waals surface area contributed by atoms with Gasteiger partial charge in [-0.15, -0.1) is 0 Å². The zero-order chi connectivity index (χ0) is 22.1. The van der Waals surface area contributed by atoms with E-state index in [4.69, 9.17) is 4.74 Å². The summed E-state index contributed by atoms with van der Waals surface area (Å²) in [5, 5.41) is 2.85. The van der Waals surface area contributed by atoms with Gasteiger partial charge in [0.05, 0.1) is 0 Å². The lowest BCUT2D eigenvalue weighted by Crippen LogP contribution is -2.50. The van der Waals surface area contributed by atoms with Gasteiger partial charge in [0.2, 0.25) is 5.91 Å². The summed E-state index contributed by atoms with van der Waals surface area (Å²) < 4.78 is 5.96. The molecule has 0 unspecified atom stereocenters. The number of rotatable bonds is 9. The summed E-state index contributed by atoms with van der Waals surface area (Å²) >= 11 is 0. The molecule has 0 aliphatic carbocycles. The number of nitrogens with zero attached hydrogens (tertiary/aromatic N) is 1. The van der Waals surface area contributed by atoms with E-state index in [-0.39, 0.29) is 23.8 Å². The van der Waals surface area contributed by atoms with Crippen LogP contribution in [-0.2, 0) is 21.5 Å². The third-order valence-electron chi connectivity index (χ3n) is 4.98. The van der Waals surface area contributed by atoms with Gasteiger partial charge in [0.1, 0.15) is 11.8 Å². The summed E-state index contributed by atoms with van der Waals surface area (Å²) in [5.74, 6) is 0.351. The van der Waals surface area contributed by atoms with Crippen molar-refractivity contribution in [3.63, 3.8) is 0 Å². The fraction of sp³-hybridized carbons (Fsp3) is 0.440. The zero-order valence-electron chi connectivity index (χ0n) is 18.8. The minimum atomic E-state index is -0.542. The molecule has 2 aromatic carbocycles. The van der Waals surface area contributed by atoms with Gasteiger partial charge in [-0.1, -0.05) is 76.2 Å². The monoisotopic (exact) mass is 410 g/mol. The Morgan fingerprint density at radius 1 is 1.00 bits per heavy atom. The molecule has 2 aromatic rings. The fourth-order valence-electron chi connectivity index (χ4n) is 3.43. The van der Waals surface area contributed by atoms with E-state index in [2.05, 4.69) is 26.1 Å². The van der Waals surface area contributed by atoms with Gasteiger partial charge in [-0.2, -0.15) is 0 Å². The van der Waals surface area contributed by atoms with Crippen molar-refractivity contribution in [2.75, 3.05) is 13.2 Å². The zero-order valence-corrected chi connectivity index (χ0v) is 18.8. The highest BCUT2D eigenvalue weighted by molar-refractivity contribution is 5.88. The molecule has 162 valence electrons. The number of benzene rings is 2. The minimum absolute atomic E-state index is 0.101. The van der Waals surface area contributed by atoms with Crippen LogP contribution in [0.15, 0.2) is 54.6 Å². The first-order chi connectivity index (χ1) is 14.3. The predicted octanol–water partition coefficient (Wildman–Crippen LogP) is 4.31. The largest absolute Gasteiger partial charge is 0.483 e. The molecule has 1 atom stereocenters. The number of carbonyl (C=O) groups is 2. The van der Waals surface area contributed by atoms with Crippen LogP contribution in [0, 0.1) is 0 Å². The third kappa shape index (κ3) is 6.34. The average molecular weight is 411 g/mol. The normalized spacial score (nSPS) is 12.2. The standard InChI is InChI=1S/C25H34N2O3/c1-6-21(24(29)26-7-2)27(17-19-13-9-8-10-14-19)23(28)18-30-22-16-12-11-15-20(22)25(3,4)5/h8-16,21H,6-7,17-18H2,1-5H3,(H,26,29)/t21-/m0/s1. The van der Waals surface area contributed by atoms with Gasteiger partial charge in [-0.25, -0.2) is 0 Å². The number of hydrogen-bond acceptors (Lipinski definition) is 3. The van der Waals surface area contributed by atoms with Crippen molar-refractivity contribution in [1.29, 1.82) is 0 Å². The number of likely N-dealkylation sites (N-methyl/N-ethyl adjacent to an activating group) is 1. The second kappa shape index (κ2) is 10.8. The number of nitrogens with one attached hydrogen (secondary N) is 1. The number of ether oxygens (including phenoxy) is 1. The molecule has 0 aliphatic heterocycles. The second-order valence-corrected chi connectivity index (χ2v) is 8.36. The molecule has 0 fully saturated rings. The second-order valence-electron chi connectivity index (χ2n) is 8.36. The Labute approximate surface area is 180 Å². The van der Waals surface area contributed by atoms with Crippen molar-refractivity contribution in [2.45, 2.75) is 59.0 Å². The summed E-state index contributed by atoms with van der Waals surface area (Å²) in [6, 6.07) is 17.0. The lowest BCUT2D eigenvalue weighted by Gasteiger charge is -2.31. The van der Waals surface area contributed by atoms with Gasteiger partial charge in [-0.05, 0) is 36.0 Å². The highest BCUT2D eigenvalue weighted by atomic mass is 16.5. The Bertz CT molecular complexity index is 828. The molecular formula is C25H34N2O3. The molecule has 2 rings (SSSR count). The van der Waals surface area contributed by atoms with Crippen LogP contribution in [-0.4, -0.2) is 35.9 Å². The quantitative estimate of drug-likeness (QED) is 0.670. The highest BCUT2D eigenvalue weighted by Gasteiger charge is 2.29. The van der Waals surface area contributed by atoms with Crippen molar-refractivity contribution in [2.24, 2.45) is 0 Å². The smallest absolute Gasteiger partial charge is 0.261 e. The van der Waals surface area contributed by atoms with E-state index in [1.165, 1.54) is 0 Å². The van der Waals surface area contributed by atoms with Crippen molar-refractivity contribution in [1.82, 2.24) is 10.2 Å². The summed E-state index contributed by atoms with van der Waals surface area (Å²) in [7, 11) is 0. The molecule has 0 bridgehead atoms. The van der Waals surface area contributed by atoms with Crippen LogP contribution in [0.5, 0.6) is 5.75 Å². The van der Waals surface area contributed by atoms with Crippen LogP contribution in [0.1, 0.15) is 52.2 Å². The van der Waals surface area contributed by atoms with Crippen molar-refractivity contribution in [3.8, 4) is 5.75 Å². The van der Waals surface area contributed by atoms with E-state index < -0.39 is 6.04 Å². The number of hydrogen-bond donors (Lipinski definition) is 1. The lowest BCUT2D eigenvalue weighted by atomic mass is 9.86. The van der Waals surface area contributed by atoms with Crippen molar-refractivity contribution < 1.29 is 14.3 Å². The number of para-hydroxylation sites is 1. The summed E-state index contributed by atoms with van der Waals surface area (Å²) in [6.45, 7) is 10.9. The molecule has 0 saturated heterocycles. The van der Waals surface area contributed by atoms with Gasteiger partial charge in [0, 0.05) is 13.1 Å². The molecular weight excluding hydrogens is 376 g/mol. The molecule has 5 nitrogen and oxygen atoms in total. The van der Waals surface area contributed by atoms with Crippen LogP contribution < -0.4 is 10.1 Å². The van der Waals surface area contributed by atoms with E-state index >= 15 is 0 Å². The van der Waals surface area contributed by atoms with Crippen LogP contribution in [0.4, 0.5) is 0 Å². The molecule has 30 heavy (non-hydrogen) atoms. The van der Waals surface area contributed by atoms with Gasteiger partial charge in [-0.3, -0.25) is 9.59 Å². The SMILES string of the molecule is CCNC(=O)[C@H](CC)N(Cc1ccccc1)C(=O)COc1ccccc1C(C)(C)C. The molecule has 1 N–H and O–H groups in total. The molecule has 0 aromatic heterocycles. The van der Waals surface area contributed by atoms with E-state index in [0.717, 1.165) is 11.1 Å².